The molecular formula is C9H12BrNO2. The maximum absolute atomic E-state index is 9.38. The summed E-state index contributed by atoms with van der Waals surface area (Å²) in [5, 5.41) is 12.4. The largest absolute Gasteiger partial charge is 0.507 e. The van der Waals surface area contributed by atoms with E-state index in [9.17, 15) is 5.11 Å². The molecule has 3 nitrogen and oxygen atoms in total. The van der Waals surface area contributed by atoms with E-state index in [0.29, 0.717) is 16.8 Å². The fourth-order valence-corrected chi connectivity index (χ4v) is 1.68. The first kappa shape index (κ1) is 10.3. The minimum atomic E-state index is 0.191. The average Bonchev–Trinajstić information content (AvgIpc) is 2.12. The topological polar surface area (TPSA) is 41.5 Å². The number of nitrogens with one attached hydrogen (secondary N) is 1. The lowest BCUT2D eigenvalue weighted by molar-refractivity contribution is 0.397. The van der Waals surface area contributed by atoms with Crippen LogP contribution in [0.1, 0.15) is 5.56 Å². The van der Waals surface area contributed by atoms with Crippen LogP contribution in [-0.4, -0.2) is 19.3 Å². The highest BCUT2D eigenvalue weighted by molar-refractivity contribution is 9.10. The molecule has 13 heavy (non-hydrogen) atoms. The molecule has 0 bridgehead atoms. The number of rotatable bonds is 3. The molecule has 0 aliphatic heterocycles. The lowest BCUT2D eigenvalue weighted by Gasteiger charge is -2.10. The highest BCUT2D eigenvalue weighted by Crippen LogP contribution is 2.36. The van der Waals surface area contributed by atoms with Crippen LogP contribution in [0.3, 0.4) is 0 Å². The van der Waals surface area contributed by atoms with Gasteiger partial charge in [-0.2, -0.15) is 0 Å². The second-order valence-corrected chi connectivity index (χ2v) is 3.41. The molecule has 0 unspecified atom stereocenters. The number of phenols is 1. The van der Waals surface area contributed by atoms with Gasteiger partial charge in [-0.15, -0.1) is 0 Å². The third-order valence-electron chi connectivity index (χ3n) is 1.73. The zero-order chi connectivity index (χ0) is 9.84. The zero-order valence-corrected chi connectivity index (χ0v) is 9.18. The summed E-state index contributed by atoms with van der Waals surface area (Å²) in [6.45, 7) is 0.710. The van der Waals surface area contributed by atoms with Gasteiger partial charge in [-0.05, 0) is 29.0 Å². The first-order chi connectivity index (χ1) is 6.20. The third-order valence-corrected chi connectivity index (χ3v) is 2.50. The highest BCUT2D eigenvalue weighted by atomic mass is 79.9. The maximum atomic E-state index is 9.38. The van der Waals surface area contributed by atoms with Crippen LogP contribution in [0.2, 0.25) is 0 Å². The van der Waals surface area contributed by atoms with Gasteiger partial charge in [0, 0.05) is 12.1 Å². The van der Waals surface area contributed by atoms with E-state index < -0.39 is 0 Å². The van der Waals surface area contributed by atoms with Crippen LogP contribution in [0.5, 0.6) is 11.5 Å². The number of benzene rings is 1. The Hall–Kier alpha value is -0.740. The highest BCUT2D eigenvalue weighted by Gasteiger charge is 2.10. The molecule has 0 spiro atoms. The lowest BCUT2D eigenvalue weighted by Crippen LogP contribution is -2.06. The zero-order valence-electron chi connectivity index (χ0n) is 7.60. The maximum Gasteiger partial charge on any atom is 0.141 e. The normalized spacial score (nSPS) is 10.1. The molecule has 0 saturated heterocycles. The van der Waals surface area contributed by atoms with Gasteiger partial charge in [0.2, 0.25) is 0 Å². The fraction of sp³-hybridized carbons (Fsp3) is 0.333. The second kappa shape index (κ2) is 4.48. The Bertz CT molecular complexity index is 302. The second-order valence-electron chi connectivity index (χ2n) is 2.62. The van der Waals surface area contributed by atoms with Crippen molar-refractivity contribution in [2.75, 3.05) is 14.2 Å². The van der Waals surface area contributed by atoms with E-state index in [2.05, 4.69) is 21.2 Å². The smallest absolute Gasteiger partial charge is 0.141 e. The predicted octanol–water partition coefficient (Wildman–Crippen LogP) is 1.88. The van der Waals surface area contributed by atoms with Crippen LogP contribution in [0.25, 0.3) is 0 Å². The van der Waals surface area contributed by atoms with Crippen LogP contribution in [-0.2, 0) is 6.54 Å². The van der Waals surface area contributed by atoms with Gasteiger partial charge in [0.1, 0.15) is 16.0 Å². The standard InChI is InChI=1S/C9H12BrNO2/c1-11-5-6-3-4-7(12)8(10)9(6)13-2/h3-4,11-12H,5H2,1-2H3. The number of methoxy groups -OCH3 is 1. The summed E-state index contributed by atoms with van der Waals surface area (Å²) in [5.41, 5.74) is 1.01. The molecule has 0 radical (unpaired) electrons. The molecule has 0 aromatic heterocycles. The first-order valence-corrected chi connectivity index (χ1v) is 4.69. The molecule has 1 rings (SSSR count). The third kappa shape index (κ3) is 2.14. The van der Waals surface area contributed by atoms with Gasteiger partial charge in [-0.3, -0.25) is 0 Å². The molecule has 4 heteroatoms. The van der Waals surface area contributed by atoms with Crippen molar-refractivity contribution in [2.24, 2.45) is 0 Å². The van der Waals surface area contributed by atoms with Gasteiger partial charge in [0.25, 0.3) is 0 Å². The molecule has 0 saturated carbocycles. The van der Waals surface area contributed by atoms with Crippen molar-refractivity contribution >= 4 is 15.9 Å². The molecule has 2 N–H and O–H groups in total. The van der Waals surface area contributed by atoms with E-state index in [-0.39, 0.29) is 5.75 Å². The van der Waals surface area contributed by atoms with Crippen LogP contribution in [0.15, 0.2) is 16.6 Å². The number of phenolic OH excluding ortho intramolecular Hbond substituents is 1. The van der Waals surface area contributed by atoms with E-state index in [1.165, 1.54) is 0 Å². The molecule has 0 aliphatic rings. The predicted molar refractivity (Wildman–Crippen MR) is 55.1 cm³/mol. The first-order valence-electron chi connectivity index (χ1n) is 3.89. The molecular weight excluding hydrogens is 234 g/mol. The van der Waals surface area contributed by atoms with Gasteiger partial charge >= 0.3 is 0 Å². The summed E-state index contributed by atoms with van der Waals surface area (Å²) in [6.07, 6.45) is 0. The average molecular weight is 246 g/mol. The van der Waals surface area contributed by atoms with E-state index in [1.807, 2.05) is 13.1 Å². The Labute approximate surface area is 85.9 Å². The van der Waals surface area contributed by atoms with Gasteiger partial charge in [0.15, 0.2) is 0 Å². The molecule has 1 aromatic rings. The minimum Gasteiger partial charge on any atom is -0.507 e. The van der Waals surface area contributed by atoms with E-state index in [1.54, 1.807) is 13.2 Å². The molecule has 0 atom stereocenters. The van der Waals surface area contributed by atoms with Crippen molar-refractivity contribution in [1.82, 2.24) is 5.32 Å². The summed E-state index contributed by atoms with van der Waals surface area (Å²) < 4.78 is 5.76. The summed E-state index contributed by atoms with van der Waals surface area (Å²) in [7, 11) is 3.44. The quantitative estimate of drug-likeness (QED) is 0.855. The van der Waals surface area contributed by atoms with E-state index in [4.69, 9.17) is 4.74 Å². The number of ether oxygens (including phenoxy) is 1. The molecule has 72 valence electrons. The number of aromatic hydroxyl groups is 1. The summed E-state index contributed by atoms with van der Waals surface area (Å²) >= 11 is 3.26. The summed E-state index contributed by atoms with van der Waals surface area (Å²) in [4.78, 5) is 0. The monoisotopic (exact) mass is 245 g/mol. The summed E-state index contributed by atoms with van der Waals surface area (Å²) in [5.74, 6) is 0.867. The van der Waals surface area contributed by atoms with Crippen molar-refractivity contribution in [1.29, 1.82) is 0 Å². The Balaban J connectivity index is 3.13. The van der Waals surface area contributed by atoms with Crippen molar-refractivity contribution in [3.8, 4) is 11.5 Å². The Morgan fingerprint density at radius 3 is 2.77 bits per heavy atom. The molecule has 0 fully saturated rings. The van der Waals surface area contributed by atoms with Crippen molar-refractivity contribution in [2.45, 2.75) is 6.54 Å². The molecule has 0 amide bonds. The van der Waals surface area contributed by atoms with Crippen molar-refractivity contribution < 1.29 is 9.84 Å². The molecule has 0 heterocycles. The SMILES string of the molecule is CNCc1ccc(O)c(Br)c1OC. The number of hydrogen-bond acceptors (Lipinski definition) is 3. The van der Waals surface area contributed by atoms with Crippen LogP contribution in [0, 0.1) is 0 Å². The van der Waals surface area contributed by atoms with Crippen molar-refractivity contribution in [3.05, 3.63) is 22.2 Å². The van der Waals surface area contributed by atoms with Crippen LogP contribution >= 0.6 is 15.9 Å². The van der Waals surface area contributed by atoms with E-state index in [0.717, 1.165) is 5.56 Å². The van der Waals surface area contributed by atoms with Gasteiger partial charge in [0.05, 0.1) is 7.11 Å². The summed E-state index contributed by atoms with van der Waals surface area (Å²) in [6, 6.07) is 3.47. The van der Waals surface area contributed by atoms with Gasteiger partial charge in [-0.1, -0.05) is 6.07 Å². The number of hydrogen-bond donors (Lipinski definition) is 2. The van der Waals surface area contributed by atoms with Gasteiger partial charge < -0.3 is 15.2 Å². The molecule has 0 aliphatic carbocycles. The minimum absolute atomic E-state index is 0.191. The Morgan fingerprint density at radius 2 is 2.23 bits per heavy atom. The van der Waals surface area contributed by atoms with Gasteiger partial charge in [-0.25, -0.2) is 0 Å². The lowest BCUT2D eigenvalue weighted by atomic mass is 10.2. The van der Waals surface area contributed by atoms with Crippen LogP contribution in [0.4, 0.5) is 0 Å². The van der Waals surface area contributed by atoms with E-state index >= 15 is 0 Å². The Kier molecular flexibility index (Phi) is 3.57. The number of halogens is 1. The fourth-order valence-electron chi connectivity index (χ4n) is 1.14. The van der Waals surface area contributed by atoms with Crippen LogP contribution < -0.4 is 10.1 Å². The van der Waals surface area contributed by atoms with Crippen molar-refractivity contribution in [3.63, 3.8) is 0 Å². The Morgan fingerprint density at radius 1 is 1.54 bits per heavy atom. The molecule has 1 aromatic carbocycles.